The summed E-state index contributed by atoms with van der Waals surface area (Å²) in [5, 5.41) is 10.6. The molecule has 1 aliphatic carbocycles. The molecule has 1 saturated heterocycles. The van der Waals surface area contributed by atoms with E-state index < -0.39 is 0 Å². The predicted octanol–water partition coefficient (Wildman–Crippen LogP) is 3.12. The average molecular weight is 365 g/mol. The molecule has 2 aromatic rings. The number of hydrogen-bond acceptors (Lipinski definition) is 4. The highest BCUT2D eigenvalue weighted by molar-refractivity contribution is 5.98. The fraction of sp³-hybridized carbons (Fsp3) is 0.435. The van der Waals surface area contributed by atoms with Crippen LogP contribution in [0, 0.1) is 5.92 Å². The molecule has 1 aliphatic heterocycles. The molecule has 2 aliphatic rings. The lowest BCUT2D eigenvalue weighted by Crippen LogP contribution is -2.51. The highest BCUT2D eigenvalue weighted by Crippen LogP contribution is 2.29. The zero-order valence-corrected chi connectivity index (χ0v) is 15.8. The number of hydrogen-bond donors (Lipinski definition) is 1. The van der Waals surface area contributed by atoms with Crippen LogP contribution in [0.5, 0.6) is 5.75 Å². The number of likely N-dealkylation sites (tertiary alicyclic amines) is 1. The SMILES string of the molecule is COc1ccc(C(=O)C2CCN(C3Cc4ccccc4CC3O)CC2)cc1. The summed E-state index contributed by atoms with van der Waals surface area (Å²) in [7, 11) is 1.63. The number of rotatable bonds is 4. The smallest absolute Gasteiger partial charge is 0.166 e. The number of fused-ring (bicyclic) bond motifs is 1. The molecule has 4 rings (SSSR count). The number of carbonyl (C=O) groups excluding carboxylic acids is 1. The summed E-state index contributed by atoms with van der Waals surface area (Å²) in [6.07, 6.45) is 3.01. The van der Waals surface area contributed by atoms with Crippen LogP contribution >= 0.6 is 0 Å². The molecule has 1 heterocycles. The number of carbonyl (C=O) groups is 1. The lowest BCUT2D eigenvalue weighted by molar-refractivity contribution is 0.0239. The second-order valence-electron chi connectivity index (χ2n) is 7.71. The molecular weight excluding hydrogens is 338 g/mol. The maximum Gasteiger partial charge on any atom is 0.166 e. The Morgan fingerprint density at radius 2 is 1.63 bits per heavy atom. The van der Waals surface area contributed by atoms with Gasteiger partial charge in [-0.05, 0) is 67.7 Å². The molecule has 4 heteroatoms. The Morgan fingerprint density at radius 3 is 2.26 bits per heavy atom. The maximum atomic E-state index is 12.8. The van der Waals surface area contributed by atoms with Gasteiger partial charge in [0.25, 0.3) is 0 Å². The van der Waals surface area contributed by atoms with Gasteiger partial charge in [0.15, 0.2) is 5.78 Å². The van der Waals surface area contributed by atoms with E-state index in [2.05, 4.69) is 23.1 Å². The highest BCUT2D eigenvalue weighted by Gasteiger charge is 2.35. The minimum absolute atomic E-state index is 0.0719. The van der Waals surface area contributed by atoms with Crippen LogP contribution in [0.3, 0.4) is 0 Å². The van der Waals surface area contributed by atoms with Crippen molar-refractivity contribution in [3.63, 3.8) is 0 Å². The predicted molar refractivity (Wildman–Crippen MR) is 105 cm³/mol. The lowest BCUT2D eigenvalue weighted by atomic mass is 9.83. The molecule has 0 amide bonds. The van der Waals surface area contributed by atoms with E-state index in [1.54, 1.807) is 7.11 Å². The third-order valence-electron chi connectivity index (χ3n) is 6.16. The van der Waals surface area contributed by atoms with Crippen molar-refractivity contribution in [2.75, 3.05) is 20.2 Å². The molecule has 0 bridgehead atoms. The van der Waals surface area contributed by atoms with Gasteiger partial charge in [0, 0.05) is 23.9 Å². The standard InChI is InChI=1S/C23H27NO3/c1-27-20-8-6-16(7-9-20)23(26)17-10-12-24(13-11-17)21-14-18-4-2-3-5-19(18)15-22(21)25/h2-9,17,21-22,25H,10-15H2,1H3. The van der Waals surface area contributed by atoms with Crippen LogP contribution < -0.4 is 4.74 Å². The maximum absolute atomic E-state index is 12.8. The van der Waals surface area contributed by atoms with Gasteiger partial charge in [-0.3, -0.25) is 9.69 Å². The number of ether oxygens (including phenoxy) is 1. The zero-order chi connectivity index (χ0) is 18.8. The highest BCUT2D eigenvalue weighted by atomic mass is 16.5. The number of benzene rings is 2. The fourth-order valence-electron chi connectivity index (χ4n) is 4.54. The van der Waals surface area contributed by atoms with Crippen molar-refractivity contribution >= 4 is 5.78 Å². The first-order valence-electron chi connectivity index (χ1n) is 9.83. The second-order valence-corrected chi connectivity index (χ2v) is 7.71. The molecule has 0 aromatic heterocycles. The molecule has 142 valence electrons. The minimum Gasteiger partial charge on any atom is -0.497 e. The average Bonchev–Trinajstić information content (AvgIpc) is 2.73. The van der Waals surface area contributed by atoms with Gasteiger partial charge >= 0.3 is 0 Å². The Labute approximate surface area is 160 Å². The summed E-state index contributed by atoms with van der Waals surface area (Å²) in [4.78, 5) is 15.2. The van der Waals surface area contributed by atoms with Crippen LogP contribution in [0.25, 0.3) is 0 Å². The second kappa shape index (κ2) is 7.83. The summed E-state index contributed by atoms with van der Waals surface area (Å²) in [6, 6.07) is 16.0. The first-order chi connectivity index (χ1) is 13.2. The summed E-state index contributed by atoms with van der Waals surface area (Å²) < 4.78 is 5.17. The molecular formula is C23H27NO3. The number of aliphatic hydroxyl groups excluding tert-OH is 1. The number of methoxy groups -OCH3 is 1. The molecule has 0 spiro atoms. The molecule has 4 nitrogen and oxygen atoms in total. The van der Waals surface area contributed by atoms with E-state index >= 15 is 0 Å². The van der Waals surface area contributed by atoms with Crippen molar-refractivity contribution in [1.29, 1.82) is 0 Å². The Morgan fingerprint density at radius 1 is 1.00 bits per heavy atom. The van der Waals surface area contributed by atoms with E-state index in [4.69, 9.17) is 4.74 Å². The number of aliphatic hydroxyl groups is 1. The number of piperidine rings is 1. The monoisotopic (exact) mass is 365 g/mol. The quantitative estimate of drug-likeness (QED) is 0.846. The van der Waals surface area contributed by atoms with E-state index in [0.717, 1.165) is 50.1 Å². The summed E-state index contributed by atoms with van der Waals surface area (Å²) in [5.41, 5.74) is 3.39. The minimum atomic E-state index is -0.325. The molecule has 1 fully saturated rings. The van der Waals surface area contributed by atoms with E-state index in [1.807, 2.05) is 30.3 Å². The number of nitrogens with zero attached hydrogens (tertiary/aromatic N) is 1. The molecule has 2 aromatic carbocycles. The van der Waals surface area contributed by atoms with Crippen molar-refractivity contribution in [1.82, 2.24) is 4.90 Å². The first kappa shape index (κ1) is 18.2. The summed E-state index contributed by atoms with van der Waals surface area (Å²) in [6.45, 7) is 1.74. The van der Waals surface area contributed by atoms with Crippen LogP contribution in [0.15, 0.2) is 48.5 Å². The molecule has 1 N–H and O–H groups in total. The first-order valence-corrected chi connectivity index (χ1v) is 9.83. The molecule has 0 radical (unpaired) electrons. The normalized spacial score (nSPS) is 23.6. The van der Waals surface area contributed by atoms with E-state index in [9.17, 15) is 9.90 Å². The van der Waals surface area contributed by atoms with Gasteiger partial charge < -0.3 is 9.84 Å². The van der Waals surface area contributed by atoms with Gasteiger partial charge in [0.05, 0.1) is 13.2 Å². The largest absolute Gasteiger partial charge is 0.497 e. The van der Waals surface area contributed by atoms with Gasteiger partial charge in [-0.25, -0.2) is 0 Å². The molecule has 2 unspecified atom stereocenters. The number of Topliss-reactive ketones (excluding diaryl/α,β-unsaturated/α-hetero) is 1. The number of ketones is 1. The van der Waals surface area contributed by atoms with Crippen LogP contribution in [-0.2, 0) is 12.8 Å². The molecule has 0 saturated carbocycles. The van der Waals surface area contributed by atoms with Gasteiger partial charge in [-0.15, -0.1) is 0 Å². The third-order valence-corrected chi connectivity index (χ3v) is 6.16. The van der Waals surface area contributed by atoms with Gasteiger partial charge in [-0.2, -0.15) is 0 Å². The van der Waals surface area contributed by atoms with Gasteiger partial charge in [-0.1, -0.05) is 24.3 Å². The Kier molecular flexibility index (Phi) is 5.28. The Bertz CT molecular complexity index is 794. The summed E-state index contributed by atoms with van der Waals surface area (Å²) in [5.74, 6) is 1.07. The van der Waals surface area contributed by atoms with E-state index in [1.165, 1.54) is 11.1 Å². The molecule has 2 atom stereocenters. The summed E-state index contributed by atoms with van der Waals surface area (Å²) >= 11 is 0. The van der Waals surface area contributed by atoms with Crippen LogP contribution in [0.1, 0.15) is 34.3 Å². The van der Waals surface area contributed by atoms with E-state index in [-0.39, 0.29) is 23.8 Å². The fourth-order valence-corrected chi connectivity index (χ4v) is 4.54. The lowest BCUT2D eigenvalue weighted by Gasteiger charge is -2.41. The van der Waals surface area contributed by atoms with Crippen LogP contribution in [-0.4, -0.2) is 48.1 Å². The van der Waals surface area contributed by atoms with Crippen molar-refractivity contribution in [2.45, 2.75) is 37.8 Å². The van der Waals surface area contributed by atoms with E-state index in [0.29, 0.717) is 0 Å². The third kappa shape index (κ3) is 3.78. The van der Waals surface area contributed by atoms with Gasteiger partial charge in [0.1, 0.15) is 5.75 Å². The zero-order valence-electron chi connectivity index (χ0n) is 15.8. The van der Waals surface area contributed by atoms with Crippen molar-refractivity contribution in [3.8, 4) is 5.75 Å². The van der Waals surface area contributed by atoms with Crippen molar-refractivity contribution in [3.05, 3.63) is 65.2 Å². The van der Waals surface area contributed by atoms with Crippen LogP contribution in [0.2, 0.25) is 0 Å². The molecule has 27 heavy (non-hydrogen) atoms. The Hall–Kier alpha value is -2.17. The van der Waals surface area contributed by atoms with Crippen molar-refractivity contribution < 1.29 is 14.6 Å². The topological polar surface area (TPSA) is 49.8 Å². The van der Waals surface area contributed by atoms with Gasteiger partial charge in [0.2, 0.25) is 0 Å². The van der Waals surface area contributed by atoms with Crippen molar-refractivity contribution in [2.24, 2.45) is 5.92 Å². The Balaban J connectivity index is 1.38. The van der Waals surface area contributed by atoms with Crippen LogP contribution in [0.4, 0.5) is 0 Å².